The Hall–Kier alpha value is -5.03. The first-order valence-corrected chi connectivity index (χ1v) is 10.9. The summed E-state index contributed by atoms with van der Waals surface area (Å²) in [5.74, 6) is 0.125. The average molecular weight is 479 g/mol. The molecule has 3 aromatic carbocycles. The summed E-state index contributed by atoms with van der Waals surface area (Å²) in [5.41, 5.74) is 0.876. The van der Waals surface area contributed by atoms with Crippen molar-refractivity contribution < 1.29 is 19.1 Å². The van der Waals surface area contributed by atoms with Gasteiger partial charge >= 0.3 is 0 Å². The minimum Gasteiger partial charge on any atom is -0.497 e. The summed E-state index contributed by atoms with van der Waals surface area (Å²) in [7, 11) is 3.11. The molecule has 0 aromatic heterocycles. The number of carbonyl (C=O) groups is 2. The monoisotopic (exact) mass is 478 g/mol. The third-order valence-electron chi connectivity index (χ3n) is 5.71. The molecule has 0 amide bonds. The lowest BCUT2D eigenvalue weighted by molar-refractivity contribution is 0.0988. The number of amidine groups is 2. The molecule has 3 aromatic rings. The number of aliphatic imine (C=N–C) groups is 1. The van der Waals surface area contributed by atoms with E-state index in [1.807, 2.05) is 6.07 Å². The van der Waals surface area contributed by atoms with Gasteiger partial charge < -0.3 is 9.47 Å². The topological polar surface area (TPSA) is 116 Å². The number of ketones is 2. The Labute approximate surface area is 208 Å². The van der Waals surface area contributed by atoms with Crippen LogP contribution in [0.5, 0.6) is 11.5 Å². The van der Waals surface area contributed by atoms with Crippen LogP contribution in [-0.2, 0) is 0 Å². The van der Waals surface area contributed by atoms with Crippen LogP contribution in [0.25, 0.3) is 0 Å². The molecule has 0 unspecified atom stereocenters. The molecule has 0 saturated carbocycles. The lowest BCUT2D eigenvalue weighted by atomic mass is 10.0. The lowest BCUT2D eigenvalue weighted by Gasteiger charge is -2.25. The number of anilines is 1. The predicted octanol–water partition coefficient (Wildman–Crippen LogP) is 5.14. The first-order chi connectivity index (χ1) is 17.4. The van der Waals surface area contributed by atoms with Crippen molar-refractivity contribution in [3.05, 3.63) is 95.1 Å². The molecular formula is C28H22N4O4. The smallest absolute Gasteiger partial charge is 0.199 e. The summed E-state index contributed by atoms with van der Waals surface area (Å²) in [6, 6.07) is 22.1. The van der Waals surface area contributed by atoms with Crippen LogP contribution < -0.4 is 14.4 Å². The number of fused-ring (bicyclic) bond motifs is 1. The van der Waals surface area contributed by atoms with Crippen LogP contribution in [0.1, 0.15) is 27.6 Å². The van der Waals surface area contributed by atoms with Crippen molar-refractivity contribution in [2.45, 2.75) is 6.92 Å². The summed E-state index contributed by atoms with van der Waals surface area (Å²) < 4.78 is 10.4. The minimum atomic E-state index is -0.573. The zero-order valence-corrected chi connectivity index (χ0v) is 19.9. The normalized spacial score (nSPS) is 12.6. The maximum atomic E-state index is 13.1. The number of methoxy groups -OCH3 is 2. The summed E-state index contributed by atoms with van der Waals surface area (Å²) in [6.07, 6.45) is 0. The first kappa shape index (κ1) is 24.1. The van der Waals surface area contributed by atoms with E-state index in [2.05, 4.69) is 4.99 Å². The molecule has 0 spiro atoms. The lowest BCUT2D eigenvalue weighted by Crippen LogP contribution is -2.36. The van der Waals surface area contributed by atoms with E-state index in [9.17, 15) is 14.9 Å². The molecule has 36 heavy (non-hydrogen) atoms. The van der Waals surface area contributed by atoms with Gasteiger partial charge in [-0.15, -0.1) is 0 Å². The maximum Gasteiger partial charge on any atom is 0.199 e. The van der Waals surface area contributed by atoms with Gasteiger partial charge in [0.15, 0.2) is 11.6 Å². The fourth-order valence-electron chi connectivity index (χ4n) is 3.92. The molecule has 0 fully saturated rings. The maximum absolute atomic E-state index is 13.1. The van der Waals surface area contributed by atoms with Crippen molar-refractivity contribution in [3.8, 4) is 17.6 Å². The van der Waals surface area contributed by atoms with Gasteiger partial charge in [0.2, 0.25) is 0 Å². The predicted molar refractivity (Wildman–Crippen MR) is 137 cm³/mol. The van der Waals surface area contributed by atoms with Crippen molar-refractivity contribution in [1.29, 1.82) is 10.7 Å². The molecule has 1 N–H and O–H groups in total. The molecular weight excluding hydrogens is 456 g/mol. The number of carbonyl (C=O) groups excluding carboxylic acids is 2. The van der Waals surface area contributed by atoms with Gasteiger partial charge in [0, 0.05) is 16.8 Å². The fraction of sp³-hybridized carbons (Fsp3) is 0.107. The third-order valence-corrected chi connectivity index (χ3v) is 5.71. The third kappa shape index (κ3) is 4.38. The van der Waals surface area contributed by atoms with E-state index in [0.717, 1.165) is 0 Å². The van der Waals surface area contributed by atoms with Gasteiger partial charge in [-0.3, -0.25) is 19.9 Å². The van der Waals surface area contributed by atoms with Crippen molar-refractivity contribution in [2.75, 3.05) is 19.1 Å². The van der Waals surface area contributed by atoms with Crippen molar-refractivity contribution >= 4 is 34.6 Å². The van der Waals surface area contributed by atoms with Gasteiger partial charge in [-0.1, -0.05) is 24.3 Å². The van der Waals surface area contributed by atoms with Crippen LogP contribution >= 0.6 is 0 Å². The number of ether oxygens (including phenoxy) is 2. The van der Waals surface area contributed by atoms with Gasteiger partial charge in [-0.25, -0.2) is 4.99 Å². The van der Waals surface area contributed by atoms with Gasteiger partial charge in [0.25, 0.3) is 0 Å². The quantitative estimate of drug-likeness (QED) is 0.179. The standard InChI is InChI=1S/C28H22N4O4/c1-17(31-18-8-12-20(35-2)13-9-18)32(19-10-14-21(36-3)15-11-19)28(30)24(16-29)25-26(33)22-6-4-5-7-23(22)27(25)34/h4-15,30H,1-3H3. The zero-order valence-electron chi connectivity index (χ0n) is 19.9. The number of hydrogen-bond donors (Lipinski definition) is 1. The Morgan fingerprint density at radius 2 is 1.36 bits per heavy atom. The summed E-state index contributed by atoms with van der Waals surface area (Å²) in [4.78, 5) is 32.2. The number of rotatable bonds is 5. The number of allylic oxidation sites excluding steroid dienone is 1. The molecule has 0 atom stereocenters. The second-order valence-corrected chi connectivity index (χ2v) is 7.80. The van der Waals surface area contributed by atoms with Gasteiger partial charge in [-0.2, -0.15) is 5.26 Å². The molecule has 0 aliphatic heterocycles. The van der Waals surface area contributed by atoms with Crippen LogP contribution in [0.2, 0.25) is 0 Å². The molecule has 1 aliphatic rings. The van der Waals surface area contributed by atoms with E-state index in [0.29, 0.717) is 28.7 Å². The van der Waals surface area contributed by atoms with Crippen LogP contribution in [0, 0.1) is 16.7 Å². The average Bonchev–Trinajstić information content (AvgIpc) is 3.15. The zero-order chi connectivity index (χ0) is 25.8. The highest BCUT2D eigenvalue weighted by Crippen LogP contribution is 2.31. The van der Waals surface area contributed by atoms with Gasteiger partial charge in [-0.05, 0) is 55.5 Å². The summed E-state index contributed by atoms with van der Waals surface area (Å²) in [6.45, 7) is 1.68. The second kappa shape index (κ2) is 10.1. The van der Waals surface area contributed by atoms with E-state index in [4.69, 9.17) is 14.9 Å². The van der Waals surface area contributed by atoms with E-state index in [1.165, 1.54) is 4.90 Å². The Kier molecular flexibility index (Phi) is 6.75. The highest BCUT2D eigenvalue weighted by molar-refractivity contribution is 6.43. The molecule has 8 heteroatoms. The van der Waals surface area contributed by atoms with Crippen molar-refractivity contribution in [3.63, 3.8) is 0 Å². The number of Topliss-reactive ketones (excluding diaryl/α,β-unsaturated/α-hetero) is 2. The largest absolute Gasteiger partial charge is 0.497 e. The fourth-order valence-corrected chi connectivity index (χ4v) is 3.92. The Morgan fingerprint density at radius 1 is 0.861 bits per heavy atom. The van der Waals surface area contributed by atoms with E-state index < -0.39 is 11.6 Å². The number of nitrogens with zero attached hydrogens (tertiary/aromatic N) is 3. The Morgan fingerprint density at radius 3 is 1.83 bits per heavy atom. The second-order valence-electron chi connectivity index (χ2n) is 7.80. The molecule has 0 bridgehead atoms. The minimum absolute atomic E-state index is 0.220. The number of nitriles is 1. The number of hydrogen-bond acceptors (Lipinski definition) is 7. The number of nitrogens with one attached hydrogen (secondary N) is 1. The first-order valence-electron chi connectivity index (χ1n) is 10.9. The Bertz CT molecular complexity index is 1430. The van der Waals surface area contributed by atoms with Gasteiger partial charge in [0.1, 0.15) is 34.8 Å². The molecule has 4 rings (SSSR count). The van der Waals surface area contributed by atoms with Crippen LogP contribution in [-0.4, -0.2) is 37.5 Å². The highest BCUT2D eigenvalue weighted by Gasteiger charge is 2.37. The van der Waals surface area contributed by atoms with E-state index in [1.54, 1.807) is 93.9 Å². The molecule has 8 nitrogen and oxygen atoms in total. The number of benzene rings is 3. The SMILES string of the molecule is COc1ccc(N=C(C)N(C(=N)C(C#N)=C2C(=O)c3ccccc3C2=O)c2ccc(OC)cc2)cc1. The van der Waals surface area contributed by atoms with Crippen LogP contribution in [0.15, 0.2) is 88.9 Å². The summed E-state index contributed by atoms with van der Waals surface area (Å²) in [5, 5.41) is 19.0. The van der Waals surface area contributed by atoms with Crippen LogP contribution in [0.3, 0.4) is 0 Å². The summed E-state index contributed by atoms with van der Waals surface area (Å²) >= 11 is 0. The van der Waals surface area contributed by atoms with E-state index in [-0.39, 0.29) is 28.1 Å². The molecule has 0 radical (unpaired) electrons. The van der Waals surface area contributed by atoms with E-state index >= 15 is 0 Å². The molecule has 178 valence electrons. The van der Waals surface area contributed by atoms with Crippen LogP contribution in [0.4, 0.5) is 11.4 Å². The Balaban J connectivity index is 1.83. The van der Waals surface area contributed by atoms with Gasteiger partial charge in [0.05, 0.1) is 25.5 Å². The van der Waals surface area contributed by atoms with Crippen molar-refractivity contribution in [1.82, 2.24) is 0 Å². The molecule has 0 heterocycles. The molecule has 1 aliphatic carbocycles. The molecule has 0 saturated heterocycles. The highest BCUT2D eigenvalue weighted by atomic mass is 16.5. The van der Waals surface area contributed by atoms with Crippen molar-refractivity contribution in [2.24, 2.45) is 4.99 Å².